The van der Waals surface area contributed by atoms with Crippen LogP contribution in [0.2, 0.25) is 0 Å². The van der Waals surface area contributed by atoms with Crippen molar-refractivity contribution in [1.82, 2.24) is 0 Å². The van der Waals surface area contributed by atoms with Gasteiger partial charge in [0.15, 0.2) is 11.6 Å². The highest BCUT2D eigenvalue weighted by atomic mass is 19.4. The molecule has 0 aromatic heterocycles. The molecule has 140 valence electrons. The first kappa shape index (κ1) is 18.5. The minimum absolute atomic E-state index is 0.247. The van der Waals surface area contributed by atoms with Crippen LogP contribution in [-0.2, 0) is 0 Å². The molecule has 1 nitrogen and oxygen atoms in total. The van der Waals surface area contributed by atoms with Crippen molar-refractivity contribution in [3.05, 3.63) is 29.6 Å². The summed E-state index contributed by atoms with van der Waals surface area (Å²) in [6, 6.07) is 3.89. The molecule has 0 atom stereocenters. The first-order chi connectivity index (χ1) is 11.9. The Bertz CT molecular complexity index is 555. The molecule has 0 heterocycles. The van der Waals surface area contributed by atoms with Crippen molar-refractivity contribution in [3.63, 3.8) is 0 Å². The zero-order valence-electron chi connectivity index (χ0n) is 14.5. The molecule has 3 rings (SSSR count). The van der Waals surface area contributed by atoms with E-state index in [0.717, 1.165) is 49.1 Å². The van der Waals surface area contributed by atoms with Gasteiger partial charge in [0, 0.05) is 0 Å². The lowest BCUT2D eigenvalue weighted by atomic mass is 9.76. The largest absolute Gasteiger partial charge is 0.573 e. The number of hydrogen-bond acceptors (Lipinski definition) is 1. The van der Waals surface area contributed by atoms with Gasteiger partial charge in [-0.2, -0.15) is 0 Å². The molecule has 0 radical (unpaired) electrons. The van der Waals surface area contributed by atoms with Crippen molar-refractivity contribution in [1.29, 1.82) is 0 Å². The predicted octanol–water partition coefficient (Wildman–Crippen LogP) is 6.97. The molecule has 0 amide bonds. The van der Waals surface area contributed by atoms with Gasteiger partial charge in [-0.15, -0.1) is 13.2 Å². The second-order valence-corrected chi connectivity index (χ2v) is 7.68. The van der Waals surface area contributed by atoms with Crippen LogP contribution in [0.4, 0.5) is 17.6 Å². The van der Waals surface area contributed by atoms with Crippen molar-refractivity contribution in [3.8, 4) is 5.75 Å². The van der Waals surface area contributed by atoms with Crippen LogP contribution in [-0.4, -0.2) is 6.36 Å². The molecule has 0 unspecified atom stereocenters. The average Bonchev–Trinajstić information content (AvgIpc) is 3.08. The predicted molar refractivity (Wildman–Crippen MR) is 89.0 cm³/mol. The van der Waals surface area contributed by atoms with Crippen LogP contribution in [0.15, 0.2) is 18.2 Å². The van der Waals surface area contributed by atoms with Crippen molar-refractivity contribution in [2.45, 2.75) is 76.5 Å². The zero-order chi connectivity index (χ0) is 17.9. The molecule has 0 aliphatic heterocycles. The highest BCUT2D eigenvalue weighted by Crippen LogP contribution is 2.40. The number of rotatable bonds is 5. The Labute approximate surface area is 146 Å². The van der Waals surface area contributed by atoms with Gasteiger partial charge in [-0.3, -0.25) is 0 Å². The van der Waals surface area contributed by atoms with E-state index in [1.807, 2.05) is 0 Å². The molecule has 2 saturated carbocycles. The van der Waals surface area contributed by atoms with E-state index >= 15 is 0 Å². The minimum atomic E-state index is -4.86. The van der Waals surface area contributed by atoms with Crippen LogP contribution in [0.3, 0.4) is 0 Å². The Balaban J connectivity index is 1.49. The summed E-state index contributed by atoms with van der Waals surface area (Å²) in [4.78, 5) is 0. The Morgan fingerprint density at radius 2 is 1.48 bits per heavy atom. The molecule has 1 aromatic carbocycles. The van der Waals surface area contributed by atoms with Gasteiger partial charge in [-0.1, -0.05) is 44.6 Å². The molecule has 5 heteroatoms. The Kier molecular flexibility index (Phi) is 5.90. The van der Waals surface area contributed by atoms with Gasteiger partial charge >= 0.3 is 6.36 Å². The van der Waals surface area contributed by atoms with Crippen molar-refractivity contribution in [2.75, 3.05) is 0 Å². The van der Waals surface area contributed by atoms with Crippen LogP contribution in [0, 0.1) is 17.7 Å². The summed E-state index contributed by atoms with van der Waals surface area (Å²) in [5, 5.41) is 0. The quantitative estimate of drug-likeness (QED) is 0.517. The monoisotopic (exact) mass is 358 g/mol. The van der Waals surface area contributed by atoms with Gasteiger partial charge in [-0.05, 0) is 61.1 Å². The second kappa shape index (κ2) is 7.96. The van der Waals surface area contributed by atoms with E-state index in [1.54, 1.807) is 6.07 Å². The number of halogens is 4. The summed E-state index contributed by atoms with van der Waals surface area (Å²) in [7, 11) is 0. The average molecular weight is 358 g/mol. The highest BCUT2D eigenvalue weighted by Gasteiger charge is 2.32. The topological polar surface area (TPSA) is 9.23 Å². The summed E-state index contributed by atoms with van der Waals surface area (Å²) in [6.07, 6.45) is 7.59. The van der Waals surface area contributed by atoms with Crippen LogP contribution in [0.1, 0.15) is 75.7 Å². The maximum atomic E-state index is 13.9. The standard InChI is InChI=1S/C20H26F4O/c21-18-13-17(11-12-19(18)25-20(22,23)24)16-9-7-15(8-10-16)6-5-14-3-1-2-4-14/h11-16H,1-10H2/t15-,16-. The Morgan fingerprint density at radius 1 is 0.880 bits per heavy atom. The van der Waals surface area contributed by atoms with Crippen molar-refractivity contribution >= 4 is 0 Å². The van der Waals surface area contributed by atoms with E-state index in [-0.39, 0.29) is 5.92 Å². The fourth-order valence-corrected chi connectivity index (χ4v) is 4.53. The SMILES string of the molecule is Fc1cc([C@H]2CC[C@H](CCC3CCCC3)CC2)ccc1OC(F)(F)F. The minimum Gasteiger partial charge on any atom is -0.403 e. The third-order valence-electron chi connectivity index (χ3n) is 5.96. The molecule has 2 aliphatic rings. The van der Waals surface area contributed by atoms with Crippen LogP contribution < -0.4 is 4.74 Å². The van der Waals surface area contributed by atoms with E-state index in [4.69, 9.17) is 0 Å². The molecule has 0 bridgehead atoms. The van der Waals surface area contributed by atoms with E-state index in [1.165, 1.54) is 44.6 Å². The highest BCUT2D eigenvalue weighted by molar-refractivity contribution is 5.31. The molecular formula is C20H26F4O. The fourth-order valence-electron chi connectivity index (χ4n) is 4.53. The number of hydrogen-bond donors (Lipinski definition) is 0. The van der Waals surface area contributed by atoms with Crippen molar-refractivity contribution < 1.29 is 22.3 Å². The molecule has 0 saturated heterocycles. The van der Waals surface area contributed by atoms with E-state index in [0.29, 0.717) is 0 Å². The van der Waals surface area contributed by atoms with Crippen molar-refractivity contribution in [2.24, 2.45) is 11.8 Å². The van der Waals surface area contributed by atoms with E-state index in [2.05, 4.69) is 4.74 Å². The summed E-state index contributed by atoms with van der Waals surface area (Å²) in [5.41, 5.74) is 0.793. The maximum Gasteiger partial charge on any atom is 0.573 e. The van der Waals surface area contributed by atoms with Gasteiger partial charge in [0.25, 0.3) is 0 Å². The van der Waals surface area contributed by atoms with Gasteiger partial charge < -0.3 is 4.74 Å². The first-order valence-corrected chi connectivity index (χ1v) is 9.46. The third-order valence-corrected chi connectivity index (χ3v) is 5.96. The Hall–Kier alpha value is -1.26. The second-order valence-electron chi connectivity index (χ2n) is 7.68. The smallest absolute Gasteiger partial charge is 0.403 e. The normalized spacial score (nSPS) is 25.3. The molecule has 0 spiro atoms. The Morgan fingerprint density at radius 3 is 2.04 bits per heavy atom. The summed E-state index contributed by atoms with van der Waals surface area (Å²) in [6.45, 7) is 0. The van der Waals surface area contributed by atoms with E-state index in [9.17, 15) is 17.6 Å². The zero-order valence-corrected chi connectivity index (χ0v) is 14.5. The fraction of sp³-hybridized carbons (Fsp3) is 0.700. The molecule has 2 fully saturated rings. The van der Waals surface area contributed by atoms with Gasteiger partial charge in [0.1, 0.15) is 0 Å². The van der Waals surface area contributed by atoms with Gasteiger partial charge in [-0.25, -0.2) is 4.39 Å². The molecule has 25 heavy (non-hydrogen) atoms. The summed E-state index contributed by atoms with van der Waals surface area (Å²) in [5.74, 6) is 0.249. The van der Waals surface area contributed by atoms with Crippen LogP contribution >= 0.6 is 0 Å². The van der Waals surface area contributed by atoms with Crippen LogP contribution in [0.5, 0.6) is 5.75 Å². The number of alkyl halides is 3. The number of benzene rings is 1. The third kappa shape index (κ3) is 5.35. The first-order valence-electron chi connectivity index (χ1n) is 9.46. The summed E-state index contributed by atoms with van der Waals surface area (Å²) < 4.78 is 54.2. The van der Waals surface area contributed by atoms with Gasteiger partial charge in [0.2, 0.25) is 0 Å². The molecule has 1 aromatic rings. The van der Waals surface area contributed by atoms with Gasteiger partial charge in [0.05, 0.1) is 0 Å². The lowest BCUT2D eigenvalue weighted by molar-refractivity contribution is -0.275. The lowest BCUT2D eigenvalue weighted by Gasteiger charge is -2.29. The molecular weight excluding hydrogens is 332 g/mol. The van der Waals surface area contributed by atoms with Crippen LogP contribution in [0.25, 0.3) is 0 Å². The molecule has 2 aliphatic carbocycles. The molecule has 0 N–H and O–H groups in total. The maximum absolute atomic E-state index is 13.9. The lowest BCUT2D eigenvalue weighted by Crippen LogP contribution is -2.18. The summed E-state index contributed by atoms with van der Waals surface area (Å²) >= 11 is 0. The number of ether oxygens (including phenoxy) is 1. The van der Waals surface area contributed by atoms with E-state index < -0.39 is 17.9 Å².